The van der Waals surface area contributed by atoms with Gasteiger partial charge in [-0.25, -0.2) is 0 Å². The number of alkyl halides is 1. The van der Waals surface area contributed by atoms with Crippen molar-refractivity contribution in [2.45, 2.75) is 16.7 Å². The Hall–Kier alpha value is 0.130. The Morgan fingerprint density at radius 2 is 2.00 bits per heavy atom. The van der Waals surface area contributed by atoms with Crippen LogP contribution < -0.4 is 0 Å². The van der Waals surface area contributed by atoms with Gasteiger partial charge in [-0.2, -0.15) is 0 Å². The molecule has 0 aliphatic heterocycles. The van der Waals surface area contributed by atoms with Gasteiger partial charge in [0.25, 0.3) is 0 Å². The molecule has 1 fully saturated rings. The molecule has 15 heavy (non-hydrogen) atoms. The third-order valence-corrected chi connectivity index (χ3v) is 5.68. The molecular weight excluding hydrogens is 392 g/mol. The van der Waals surface area contributed by atoms with Crippen molar-refractivity contribution in [3.63, 3.8) is 0 Å². The van der Waals surface area contributed by atoms with Gasteiger partial charge >= 0.3 is 5.97 Å². The molecule has 0 amide bonds. The summed E-state index contributed by atoms with van der Waals surface area (Å²) in [7, 11) is 0. The van der Waals surface area contributed by atoms with Gasteiger partial charge in [0.05, 0.1) is 0 Å². The first kappa shape index (κ1) is 11.6. The van der Waals surface area contributed by atoms with Crippen molar-refractivity contribution in [3.8, 4) is 0 Å². The lowest BCUT2D eigenvalue weighted by atomic mass is 9.96. The maximum absolute atomic E-state index is 11.2. The molecule has 2 atom stereocenters. The van der Waals surface area contributed by atoms with Crippen molar-refractivity contribution in [1.29, 1.82) is 0 Å². The Morgan fingerprint density at radius 1 is 1.40 bits per heavy atom. The topological polar surface area (TPSA) is 37.3 Å². The van der Waals surface area contributed by atoms with E-state index in [1.807, 2.05) is 18.2 Å². The van der Waals surface area contributed by atoms with Gasteiger partial charge in [0.2, 0.25) is 0 Å². The molecule has 1 N–H and O–H groups in total. The van der Waals surface area contributed by atoms with E-state index in [4.69, 9.17) is 0 Å². The lowest BCUT2D eigenvalue weighted by molar-refractivity contribution is -0.139. The Morgan fingerprint density at radius 3 is 2.40 bits per heavy atom. The van der Waals surface area contributed by atoms with Gasteiger partial charge in [0.1, 0.15) is 5.41 Å². The number of benzene rings is 1. The monoisotopic (exact) mass is 396 g/mol. The predicted molar refractivity (Wildman–Crippen MR) is 68.5 cm³/mol. The average Bonchev–Trinajstić information content (AvgIpc) is 2.84. The summed E-state index contributed by atoms with van der Waals surface area (Å²) in [6, 6.07) is 5.58. The molecule has 1 aromatic rings. The lowest BCUT2D eigenvalue weighted by Crippen LogP contribution is -2.22. The molecule has 0 bridgehead atoms. The molecule has 0 spiro atoms. The highest BCUT2D eigenvalue weighted by atomic mass is 79.9. The first-order valence-corrected chi connectivity index (χ1v) is 6.81. The van der Waals surface area contributed by atoms with Gasteiger partial charge in [0.15, 0.2) is 0 Å². The fraction of sp³-hybridized carbons (Fsp3) is 0.300. The maximum atomic E-state index is 11.2. The van der Waals surface area contributed by atoms with Gasteiger partial charge in [-0.15, -0.1) is 0 Å². The van der Waals surface area contributed by atoms with Gasteiger partial charge in [-0.1, -0.05) is 22.0 Å². The molecule has 2 unspecified atom stereocenters. The number of aliphatic carboxylic acids is 1. The Bertz CT molecular complexity index is 433. The van der Waals surface area contributed by atoms with Crippen molar-refractivity contribution in [2.75, 3.05) is 0 Å². The molecule has 0 saturated heterocycles. The molecule has 5 heteroatoms. The van der Waals surface area contributed by atoms with Crippen molar-refractivity contribution in [3.05, 3.63) is 32.7 Å². The van der Waals surface area contributed by atoms with Gasteiger partial charge < -0.3 is 5.11 Å². The molecule has 1 aromatic carbocycles. The number of carboxylic acids is 1. The summed E-state index contributed by atoms with van der Waals surface area (Å²) in [6.07, 6.45) is 0.649. The van der Waals surface area contributed by atoms with E-state index in [2.05, 4.69) is 47.8 Å². The van der Waals surface area contributed by atoms with Crippen molar-refractivity contribution in [1.82, 2.24) is 0 Å². The summed E-state index contributed by atoms with van der Waals surface area (Å²) in [5, 5.41) is 9.23. The molecular formula is C10H7Br3O2. The fourth-order valence-electron chi connectivity index (χ4n) is 1.64. The molecule has 1 aliphatic rings. The number of halogens is 3. The van der Waals surface area contributed by atoms with Crippen molar-refractivity contribution >= 4 is 53.8 Å². The van der Waals surface area contributed by atoms with Crippen LogP contribution in [0.4, 0.5) is 0 Å². The second-order valence-corrected chi connectivity index (χ2v) is 6.39. The van der Waals surface area contributed by atoms with Crippen LogP contribution in [0.3, 0.4) is 0 Å². The highest BCUT2D eigenvalue weighted by Crippen LogP contribution is 2.54. The second kappa shape index (κ2) is 3.86. The zero-order valence-corrected chi connectivity index (χ0v) is 12.3. The van der Waals surface area contributed by atoms with E-state index in [1.165, 1.54) is 0 Å². The zero-order chi connectivity index (χ0) is 11.2. The first-order chi connectivity index (χ1) is 6.98. The van der Waals surface area contributed by atoms with Crippen LogP contribution >= 0.6 is 47.8 Å². The number of carbonyl (C=O) groups is 1. The van der Waals surface area contributed by atoms with Gasteiger partial charge in [-0.05, 0) is 56.0 Å². The molecule has 0 aromatic heterocycles. The standard InChI is InChI=1S/C10H7Br3O2/c11-6-2-1-5(3-7(6)12)10(9(14)15)4-8(10)13/h1-3,8H,4H2,(H,14,15). The number of hydrogen-bond donors (Lipinski definition) is 1. The highest BCUT2D eigenvalue weighted by molar-refractivity contribution is 9.13. The van der Waals surface area contributed by atoms with E-state index in [0.29, 0.717) is 6.42 Å². The van der Waals surface area contributed by atoms with E-state index in [9.17, 15) is 9.90 Å². The summed E-state index contributed by atoms with van der Waals surface area (Å²) in [5.74, 6) is -0.765. The zero-order valence-electron chi connectivity index (χ0n) is 7.51. The Labute approximate surface area is 112 Å². The number of hydrogen-bond acceptors (Lipinski definition) is 1. The summed E-state index contributed by atoms with van der Waals surface area (Å²) in [4.78, 5) is 11.3. The minimum atomic E-state index is -0.765. The quantitative estimate of drug-likeness (QED) is 0.771. The minimum absolute atomic E-state index is 0.0376. The van der Waals surface area contributed by atoms with E-state index in [0.717, 1.165) is 14.5 Å². The third kappa shape index (κ3) is 1.78. The van der Waals surface area contributed by atoms with Crippen LogP contribution in [0.5, 0.6) is 0 Å². The molecule has 2 nitrogen and oxygen atoms in total. The SMILES string of the molecule is O=C(O)C1(c2ccc(Br)c(Br)c2)CC1Br. The summed E-state index contributed by atoms with van der Waals surface area (Å²) < 4.78 is 1.81. The first-order valence-electron chi connectivity index (χ1n) is 4.31. The molecule has 2 rings (SSSR count). The largest absolute Gasteiger partial charge is 0.481 e. The third-order valence-electron chi connectivity index (χ3n) is 2.69. The van der Waals surface area contributed by atoms with Gasteiger partial charge in [-0.3, -0.25) is 4.79 Å². The molecule has 80 valence electrons. The van der Waals surface area contributed by atoms with Crippen LogP contribution in [-0.4, -0.2) is 15.9 Å². The minimum Gasteiger partial charge on any atom is -0.481 e. The lowest BCUT2D eigenvalue weighted by Gasteiger charge is -2.11. The second-order valence-electron chi connectivity index (χ2n) is 3.58. The van der Waals surface area contributed by atoms with Crippen LogP contribution in [0, 0.1) is 0 Å². The predicted octanol–water partition coefficient (Wildman–Crippen LogP) is 3.70. The maximum Gasteiger partial charge on any atom is 0.315 e. The molecule has 0 radical (unpaired) electrons. The van der Waals surface area contributed by atoms with Crippen molar-refractivity contribution < 1.29 is 9.90 Å². The Balaban J connectivity index is 2.46. The fourth-order valence-corrected chi connectivity index (χ4v) is 3.24. The Kier molecular flexibility index (Phi) is 2.99. The van der Waals surface area contributed by atoms with E-state index in [-0.39, 0.29) is 4.83 Å². The molecule has 1 saturated carbocycles. The van der Waals surface area contributed by atoms with Gasteiger partial charge in [0, 0.05) is 13.8 Å². The van der Waals surface area contributed by atoms with Crippen LogP contribution in [0.2, 0.25) is 0 Å². The summed E-state index contributed by atoms with van der Waals surface area (Å²) in [5.41, 5.74) is 0.107. The normalized spacial score (nSPS) is 28.9. The van der Waals surface area contributed by atoms with E-state index in [1.54, 1.807) is 0 Å². The molecule has 0 heterocycles. The average molecular weight is 399 g/mol. The number of carboxylic acid groups (broad SMARTS) is 1. The van der Waals surface area contributed by atoms with Crippen molar-refractivity contribution in [2.24, 2.45) is 0 Å². The van der Waals surface area contributed by atoms with Crippen LogP contribution in [-0.2, 0) is 10.2 Å². The van der Waals surface area contributed by atoms with Crippen LogP contribution in [0.15, 0.2) is 27.1 Å². The van der Waals surface area contributed by atoms with E-state index >= 15 is 0 Å². The van der Waals surface area contributed by atoms with Crippen LogP contribution in [0.1, 0.15) is 12.0 Å². The van der Waals surface area contributed by atoms with Crippen LogP contribution in [0.25, 0.3) is 0 Å². The summed E-state index contributed by atoms with van der Waals surface area (Å²) >= 11 is 10.1. The summed E-state index contributed by atoms with van der Waals surface area (Å²) in [6.45, 7) is 0. The number of rotatable bonds is 2. The van der Waals surface area contributed by atoms with E-state index < -0.39 is 11.4 Å². The molecule has 1 aliphatic carbocycles. The highest BCUT2D eigenvalue weighted by Gasteiger charge is 2.60. The smallest absolute Gasteiger partial charge is 0.315 e.